The van der Waals surface area contributed by atoms with Crippen molar-refractivity contribution in [1.29, 1.82) is 0 Å². The molecule has 3 aromatic rings. The Hall–Kier alpha value is -1.98. The highest BCUT2D eigenvalue weighted by molar-refractivity contribution is 7.09. The van der Waals surface area contributed by atoms with Gasteiger partial charge in [0.05, 0.1) is 29.2 Å². The molecule has 0 radical (unpaired) electrons. The maximum atomic E-state index is 5.26. The molecule has 0 spiro atoms. The first-order valence-electron chi connectivity index (χ1n) is 6.51. The normalized spacial score (nSPS) is 10.8. The molecule has 20 heavy (non-hydrogen) atoms. The summed E-state index contributed by atoms with van der Waals surface area (Å²) in [5, 5.41) is 6.53. The van der Waals surface area contributed by atoms with E-state index < -0.39 is 0 Å². The number of rotatable bonds is 6. The van der Waals surface area contributed by atoms with Crippen LogP contribution in [0, 0.1) is 0 Å². The fraction of sp³-hybridized carbons (Fsp3) is 0.200. The Bertz CT molecular complexity index is 634. The highest BCUT2D eigenvalue weighted by Crippen LogP contribution is 2.19. The van der Waals surface area contributed by atoms with Crippen LogP contribution in [0.25, 0.3) is 11.4 Å². The minimum Gasteiger partial charge on any atom is -0.468 e. The van der Waals surface area contributed by atoms with Gasteiger partial charge in [-0.15, -0.1) is 11.3 Å². The maximum Gasteiger partial charge on any atom is 0.117 e. The maximum absolute atomic E-state index is 5.26. The van der Waals surface area contributed by atoms with Crippen LogP contribution in [0.5, 0.6) is 0 Å². The number of nitrogens with one attached hydrogen (secondary N) is 1. The molecule has 3 rings (SSSR count). The first-order valence-corrected chi connectivity index (χ1v) is 7.39. The third-order valence-corrected chi connectivity index (χ3v) is 3.78. The average Bonchev–Trinajstić information content (AvgIpc) is 3.16. The van der Waals surface area contributed by atoms with Crippen LogP contribution in [0.15, 0.2) is 52.6 Å². The Morgan fingerprint density at radius 3 is 2.95 bits per heavy atom. The number of furan rings is 1. The number of thiazole rings is 1. The second kappa shape index (κ2) is 6.45. The minimum absolute atomic E-state index is 0.755. The van der Waals surface area contributed by atoms with Crippen molar-refractivity contribution < 1.29 is 4.42 Å². The van der Waals surface area contributed by atoms with Gasteiger partial charge in [0.25, 0.3) is 0 Å². The van der Waals surface area contributed by atoms with Gasteiger partial charge < -0.3 is 9.73 Å². The fourth-order valence-electron chi connectivity index (χ4n) is 1.88. The summed E-state index contributed by atoms with van der Waals surface area (Å²) in [6.45, 7) is 1.64. The van der Waals surface area contributed by atoms with Gasteiger partial charge in [-0.1, -0.05) is 6.07 Å². The van der Waals surface area contributed by atoms with E-state index in [1.165, 1.54) is 0 Å². The van der Waals surface area contributed by atoms with Crippen molar-refractivity contribution in [2.45, 2.75) is 13.0 Å². The van der Waals surface area contributed by atoms with Gasteiger partial charge in [0.15, 0.2) is 0 Å². The molecule has 0 aliphatic carbocycles. The number of nitrogens with zero attached hydrogens (tertiary/aromatic N) is 2. The molecule has 0 unspecified atom stereocenters. The van der Waals surface area contributed by atoms with Crippen LogP contribution in [0.3, 0.4) is 0 Å². The molecule has 0 atom stereocenters. The summed E-state index contributed by atoms with van der Waals surface area (Å²) in [4.78, 5) is 8.92. The van der Waals surface area contributed by atoms with Gasteiger partial charge in [-0.2, -0.15) is 0 Å². The quantitative estimate of drug-likeness (QED) is 0.707. The Morgan fingerprint density at radius 1 is 1.15 bits per heavy atom. The summed E-state index contributed by atoms with van der Waals surface area (Å²) in [5.41, 5.74) is 1.88. The van der Waals surface area contributed by atoms with Crippen LogP contribution in [0.2, 0.25) is 0 Å². The molecule has 4 nitrogen and oxygen atoms in total. The molecular formula is C15H15N3OS. The van der Waals surface area contributed by atoms with E-state index in [0.29, 0.717) is 0 Å². The molecule has 0 aliphatic rings. The van der Waals surface area contributed by atoms with Gasteiger partial charge in [0.1, 0.15) is 5.76 Å². The predicted octanol–water partition coefficient (Wildman–Crippen LogP) is 3.13. The molecule has 0 saturated carbocycles. The lowest BCUT2D eigenvalue weighted by Crippen LogP contribution is -2.16. The number of hydrogen-bond acceptors (Lipinski definition) is 5. The van der Waals surface area contributed by atoms with E-state index >= 15 is 0 Å². The number of pyridine rings is 1. The first kappa shape index (κ1) is 13.0. The Morgan fingerprint density at radius 2 is 2.15 bits per heavy atom. The SMILES string of the molecule is c1ccc(-c2csc(CCNCc3ccco3)n2)nc1. The topological polar surface area (TPSA) is 51.0 Å². The van der Waals surface area contributed by atoms with Gasteiger partial charge >= 0.3 is 0 Å². The first-order chi connectivity index (χ1) is 9.92. The van der Waals surface area contributed by atoms with Crippen molar-refractivity contribution in [2.75, 3.05) is 6.54 Å². The van der Waals surface area contributed by atoms with E-state index in [1.54, 1.807) is 23.8 Å². The lowest BCUT2D eigenvalue weighted by Gasteiger charge is -2.00. The molecular weight excluding hydrogens is 270 g/mol. The van der Waals surface area contributed by atoms with Crippen molar-refractivity contribution in [3.05, 3.63) is 58.9 Å². The second-order valence-corrected chi connectivity index (χ2v) is 5.29. The predicted molar refractivity (Wildman–Crippen MR) is 79.5 cm³/mol. The summed E-state index contributed by atoms with van der Waals surface area (Å²) in [5.74, 6) is 0.957. The molecule has 5 heteroatoms. The molecule has 0 saturated heterocycles. The van der Waals surface area contributed by atoms with Crippen LogP contribution < -0.4 is 5.32 Å². The Labute approximate surface area is 121 Å². The van der Waals surface area contributed by atoms with Gasteiger partial charge in [-0.25, -0.2) is 4.98 Å². The van der Waals surface area contributed by atoms with E-state index in [1.807, 2.05) is 30.3 Å². The Balaban J connectivity index is 1.50. The zero-order valence-electron chi connectivity index (χ0n) is 11.0. The molecule has 0 fully saturated rings. The molecule has 0 bridgehead atoms. The van der Waals surface area contributed by atoms with Crippen molar-refractivity contribution in [3.8, 4) is 11.4 Å². The standard InChI is InChI=1S/C15H15N3OS/c1-2-7-17-13(5-1)14-11-20-15(18-14)6-8-16-10-12-4-3-9-19-12/h1-5,7,9,11,16H,6,8,10H2. The van der Waals surface area contributed by atoms with Crippen LogP contribution in [-0.4, -0.2) is 16.5 Å². The highest BCUT2D eigenvalue weighted by atomic mass is 32.1. The van der Waals surface area contributed by atoms with Crippen LogP contribution in [0.4, 0.5) is 0 Å². The largest absolute Gasteiger partial charge is 0.468 e. The van der Waals surface area contributed by atoms with Crippen LogP contribution in [-0.2, 0) is 13.0 Å². The molecule has 0 aromatic carbocycles. The molecule has 3 aromatic heterocycles. The van der Waals surface area contributed by atoms with Crippen LogP contribution >= 0.6 is 11.3 Å². The zero-order chi connectivity index (χ0) is 13.6. The summed E-state index contributed by atoms with van der Waals surface area (Å²) in [6, 6.07) is 9.74. The minimum atomic E-state index is 0.755. The van der Waals surface area contributed by atoms with E-state index in [9.17, 15) is 0 Å². The lowest BCUT2D eigenvalue weighted by molar-refractivity contribution is 0.484. The van der Waals surface area contributed by atoms with E-state index in [-0.39, 0.29) is 0 Å². The van der Waals surface area contributed by atoms with Gasteiger partial charge in [-0.3, -0.25) is 4.98 Å². The summed E-state index contributed by atoms with van der Waals surface area (Å²) >= 11 is 1.68. The fourth-order valence-corrected chi connectivity index (χ4v) is 2.67. The summed E-state index contributed by atoms with van der Waals surface area (Å²) in [7, 11) is 0. The lowest BCUT2D eigenvalue weighted by atomic mass is 10.3. The third-order valence-electron chi connectivity index (χ3n) is 2.87. The molecule has 0 amide bonds. The average molecular weight is 285 g/mol. The third kappa shape index (κ3) is 3.31. The van der Waals surface area contributed by atoms with Crippen molar-refractivity contribution in [3.63, 3.8) is 0 Å². The Kier molecular flexibility index (Phi) is 4.20. The smallest absolute Gasteiger partial charge is 0.117 e. The van der Waals surface area contributed by atoms with E-state index in [2.05, 4.69) is 20.7 Å². The van der Waals surface area contributed by atoms with Crippen LogP contribution in [0.1, 0.15) is 10.8 Å². The highest BCUT2D eigenvalue weighted by Gasteiger charge is 2.05. The number of aromatic nitrogens is 2. The van der Waals surface area contributed by atoms with Crippen molar-refractivity contribution in [2.24, 2.45) is 0 Å². The monoisotopic (exact) mass is 285 g/mol. The summed E-state index contributed by atoms with van der Waals surface area (Å²) < 4.78 is 5.26. The van der Waals surface area contributed by atoms with Gasteiger partial charge in [0.2, 0.25) is 0 Å². The van der Waals surface area contributed by atoms with Crippen molar-refractivity contribution in [1.82, 2.24) is 15.3 Å². The second-order valence-electron chi connectivity index (χ2n) is 4.35. The van der Waals surface area contributed by atoms with Crippen molar-refractivity contribution >= 4 is 11.3 Å². The summed E-state index contributed by atoms with van der Waals surface area (Å²) in [6.07, 6.45) is 4.40. The van der Waals surface area contributed by atoms with Gasteiger partial charge in [-0.05, 0) is 24.3 Å². The zero-order valence-corrected chi connectivity index (χ0v) is 11.8. The molecule has 0 aliphatic heterocycles. The molecule has 1 N–H and O–H groups in total. The number of hydrogen-bond donors (Lipinski definition) is 1. The van der Waals surface area contributed by atoms with Gasteiger partial charge in [0, 0.05) is 24.5 Å². The molecule has 102 valence electrons. The van der Waals surface area contributed by atoms with E-state index in [4.69, 9.17) is 4.42 Å². The van der Waals surface area contributed by atoms with E-state index in [0.717, 1.165) is 41.7 Å². The molecule has 3 heterocycles.